The number of aromatic nitrogens is 1. The molecule has 0 radical (unpaired) electrons. The molecule has 3 atom stereocenters. The van der Waals surface area contributed by atoms with Crippen LogP contribution in [-0.2, 0) is 0 Å². The van der Waals surface area contributed by atoms with Gasteiger partial charge in [-0.3, -0.25) is 4.98 Å². The van der Waals surface area contributed by atoms with Crippen LogP contribution in [-0.4, -0.2) is 22.7 Å². The molecule has 0 bridgehead atoms. The first kappa shape index (κ1) is 12.5. The van der Waals surface area contributed by atoms with E-state index in [1.165, 1.54) is 12.8 Å². The predicted molar refractivity (Wildman–Crippen MR) is 68.7 cm³/mol. The highest BCUT2D eigenvalue weighted by molar-refractivity contribution is 5.17. The molecule has 1 aliphatic heterocycles. The molecule has 3 nitrogen and oxygen atoms in total. The monoisotopic (exact) mass is 234 g/mol. The summed E-state index contributed by atoms with van der Waals surface area (Å²) in [6.07, 6.45) is 4.85. The van der Waals surface area contributed by atoms with Crippen LogP contribution in [0.4, 0.5) is 0 Å². The summed E-state index contributed by atoms with van der Waals surface area (Å²) in [7, 11) is 0. The van der Waals surface area contributed by atoms with Gasteiger partial charge in [-0.15, -0.1) is 0 Å². The molecule has 2 rings (SSSR count). The summed E-state index contributed by atoms with van der Waals surface area (Å²) >= 11 is 0. The minimum Gasteiger partial charge on any atom is -0.387 e. The predicted octanol–water partition coefficient (Wildman–Crippen LogP) is 2.20. The summed E-state index contributed by atoms with van der Waals surface area (Å²) in [6.45, 7) is 5.20. The van der Waals surface area contributed by atoms with Gasteiger partial charge in [0.05, 0.1) is 6.10 Å². The molecule has 94 valence electrons. The Labute approximate surface area is 103 Å². The minimum absolute atomic E-state index is 0.179. The Balaban J connectivity index is 2.03. The number of rotatable bonds is 3. The molecule has 1 saturated heterocycles. The van der Waals surface area contributed by atoms with Crippen LogP contribution in [0, 0.1) is 12.8 Å². The van der Waals surface area contributed by atoms with Gasteiger partial charge in [0.15, 0.2) is 0 Å². The first-order valence-corrected chi connectivity index (χ1v) is 6.54. The maximum Gasteiger partial charge on any atom is 0.0957 e. The molecule has 1 aromatic rings. The van der Waals surface area contributed by atoms with Crippen molar-refractivity contribution in [3.8, 4) is 0 Å². The Kier molecular flexibility index (Phi) is 4.13. The molecular weight excluding hydrogens is 212 g/mol. The third-order valence-electron chi connectivity index (χ3n) is 3.78. The van der Waals surface area contributed by atoms with E-state index in [-0.39, 0.29) is 6.04 Å². The van der Waals surface area contributed by atoms with Crippen molar-refractivity contribution >= 4 is 0 Å². The fourth-order valence-electron chi connectivity index (χ4n) is 2.53. The zero-order valence-corrected chi connectivity index (χ0v) is 10.7. The second-order valence-corrected chi connectivity index (χ2v) is 5.04. The molecule has 1 aliphatic rings. The lowest BCUT2D eigenvalue weighted by molar-refractivity contribution is 0.0976. The van der Waals surface area contributed by atoms with E-state index in [9.17, 15) is 5.11 Å². The molecule has 0 aliphatic carbocycles. The van der Waals surface area contributed by atoms with Crippen LogP contribution in [0.25, 0.3) is 0 Å². The van der Waals surface area contributed by atoms with Gasteiger partial charge in [-0.05, 0) is 38.3 Å². The largest absolute Gasteiger partial charge is 0.387 e. The van der Waals surface area contributed by atoms with E-state index in [2.05, 4.69) is 17.2 Å². The average Bonchev–Trinajstić information content (AvgIpc) is 2.39. The number of aliphatic hydroxyl groups is 1. The van der Waals surface area contributed by atoms with E-state index >= 15 is 0 Å². The smallest absolute Gasteiger partial charge is 0.0957 e. The topological polar surface area (TPSA) is 45.1 Å². The molecule has 0 amide bonds. The maximum absolute atomic E-state index is 10.3. The van der Waals surface area contributed by atoms with Gasteiger partial charge >= 0.3 is 0 Å². The fraction of sp³-hybridized carbons (Fsp3) is 0.643. The average molecular weight is 234 g/mol. The summed E-state index contributed by atoms with van der Waals surface area (Å²) < 4.78 is 0. The molecule has 2 N–H and O–H groups in total. The molecule has 0 aromatic carbocycles. The van der Waals surface area contributed by atoms with Crippen molar-refractivity contribution in [3.63, 3.8) is 0 Å². The van der Waals surface area contributed by atoms with Gasteiger partial charge < -0.3 is 10.4 Å². The Morgan fingerprint density at radius 3 is 3.00 bits per heavy atom. The molecule has 1 fully saturated rings. The van der Waals surface area contributed by atoms with Crippen LogP contribution >= 0.6 is 0 Å². The number of pyridine rings is 1. The second kappa shape index (κ2) is 5.61. The van der Waals surface area contributed by atoms with Gasteiger partial charge in [-0.25, -0.2) is 0 Å². The number of piperidine rings is 1. The van der Waals surface area contributed by atoms with Gasteiger partial charge in [0.2, 0.25) is 0 Å². The van der Waals surface area contributed by atoms with Gasteiger partial charge in [0.1, 0.15) is 0 Å². The summed E-state index contributed by atoms with van der Waals surface area (Å²) in [5.41, 5.74) is 1.91. The quantitative estimate of drug-likeness (QED) is 0.842. The molecule has 1 aromatic heterocycles. The normalized spacial score (nSPS) is 26.8. The van der Waals surface area contributed by atoms with E-state index in [0.29, 0.717) is 0 Å². The maximum atomic E-state index is 10.3. The molecule has 0 spiro atoms. The third kappa shape index (κ3) is 3.05. The van der Waals surface area contributed by atoms with Crippen LogP contribution in [0.2, 0.25) is 0 Å². The molecule has 3 unspecified atom stereocenters. The fourth-order valence-corrected chi connectivity index (χ4v) is 2.53. The molecule has 0 saturated carbocycles. The van der Waals surface area contributed by atoms with Crippen molar-refractivity contribution in [2.45, 2.75) is 45.3 Å². The van der Waals surface area contributed by atoms with E-state index in [1.54, 1.807) is 6.20 Å². The Morgan fingerprint density at radius 2 is 2.35 bits per heavy atom. The van der Waals surface area contributed by atoms with Crippen LogP contribution < -0.4 is 5.32 Å². The SMILES string of the molecule is CCC1CCNC(C(O)c2ccc(C)nc2)C1. The highest BCUT2D eigenvalue weighted by Crippen LogP contribution is 2.27. The van der Waals surface area contributed by atoms with Gasteiger partial charge in [-0.1, -0.05) is 19.4 Å². The Morgan fingerprint density at radius 1 is 1.53 bits per heavy atom. The molecule has 2 heterocycles. The summed E-state index contributed by atoms with van der Waals surface area (Å²) in [5, 5.41) is 13.8. The van der Waals surface area contributed by atoms with Crippen molar-refractivity contribution < 1.29 is 5.11 Å². The van der Waals surface area contributed by atoms with Crippen LogP contribution in [0.3, 0.4) is 0 Å². The van der Waals surface area contributed by atoms with E-state index in [4.69, 9.17) is 0 Å². The molecule has 17 heavy (non-hydrogen) atoms. The minimum atomic E-state index is -0.433. The van der Waals surface area contributed by atoms with E-state index in [1.807, 2.05) is 19.1 Å². The van der Waals surface area contributed by atoms with Gasteiger partial charge in [0, 0.05) is 23.5 Å². The first-order valence-electron chi connectivity index (χ1n) is 6.54. The van der Waals surface area contributed by atoms with Gasteiger partial charge in [-0.2, -0.15) is 0 Å². The van der Waals surface area contributed by atoms with Gasteiger partial charge in [0.25, 0.3) is 0 Å². The number of hydrogen-bond donors (Lipinski definition) is 2. The van der Waals surface area contributed by atoms with E-state index in [0.717, 1.165) is 30.1 Å². The lowest BCUT2D eigenvalue weighted by Gasteiger charge is -2.33. The number of nitrogens with one attached hydrogen (secondary N) is 1. The van der Waals surface area contributed by atoms with Crippen molar-refractivity contribution in [2.75, 3.05) is 6.54 Å². The van der Waals surface area contributed by atoms with E-state index < -0.39 is 6.10 Å². The highest BCUT2D eigenvalue weighted by atomic mass is 16.3. The number of nitrogens with zero attached hydrogens (tertiary/aromatic N) is 1. The van der Waals surface area contributed by atoms with Crippen LogP contribution in [0.5, 0.6) is 0 Å². The second-order valence-electron chi connectivity index (χ2n) is 5.04. The van der Waals surface area contributed by atoms with Crippen molar-refractivity contribution in [2.24, 2.45) is 5.92 Å². The first-order chi connectivity index (χ1) is 8.20. The Hall–Kier alpha value is -0.930. The summed E-state index contributed by atoms with van der Waals surface area (Å²) in [6, 6.07) is 4.11. The standard InChI is InChI=1S/C14H22N2O/c1-3-11-6-7-15-13(8-11)14(17)12-5-4-10(2)16-9-12/h4-5,9,11,13-15,17H,3,6-8H2,1-2H3. The lowest BCUT2D eigenvalue weighted by Crippen LogP contribution is -2.42. The number of aryl methyl sites for hydroxylation is 1. The van der Waals surface area contributed by atoms with Crippen LogP contribution in [0.15, 0.2) is 18.3 Å². The van der Waals surface area contributed by atoms with Crippen molar-refractivity contribution in [1.82, 2.24) is 10.3 Å². The van der Waals surface area contributed by atoms with Crippen molar-refractivity contribution in [1.29, 1.82) is 0 Å². The zero-order chi connectivity index (χ0) is 12.3. The highest BCUT2D eigenvalue weighted by Gasteiger charge is 2.27. The zero-order valence-electron chi connectivity index (χ0n) is 10.7. The lowest BCUT2D eigenvalue weighted by atomic mass is 9.86. The van der Waals surface area contributed by atoms with Crippen molar-refractivity contribution in [3.05, 3.63) is 29.6 Å². The van der Waals surface area contributed by atoms with Crippen LogP contribution in [0.1, 0.15) is 43.5 Å². The number of aliphatic hydroxyl groups excluding tert-OH is 1. The molecular formula is C14H22N2O. The molecule has 3 heteroatoms. The third-order valence-corrected chi connectivity index (χ3v) is 3.78. The summed E-state index contributed by atoms with van der Waals surface area (Å²) in [5.74, 6) is 0.745. The summed E-state index contributed by atoms with van der Waals surface area (Å²) in [4.78, 5) is 4.25. The Bertz CT molecular complexity index is 350. The number of hydrogen-bond acceptors (Lipinski definition) is 3.